The molecule has 0 amide bonds. The van der Waals surface area contributed by atoms with Gasteiger partial charge in [-0.2, -0.15) is 0 Å². The smallest absolute Gasteiger partial charge is 0.163 e. The predicted molar refractivity (Wildman–Crippen MR) is 102 cm³/mol. The van der Waals surface area contributed by atoms with E-state index in [1.54, 1.807) is 12.4 Å². The molecule has 0 radical (unpaired) electrons. The summed E-state index contributed by atoms with van der Waals surface area (Å²) in [6.07, 6.45) is 3.51. The van der Waals surface area contributed by atoms with Crippen molar-refractivity contribution in [2.75, 3.05) is 19.0 Å². The molecule has 5 nitrogen and oxygen atoms in total. The zero-order chi connectivity index (χ0) is 17.6. The maximum absolute atomic E-state index is 6.20. The van der Waals surface area contributed by atoms with Crippen LogP contribution in [0.15, 0.2) is 54.9 Å². The van der Waals surface area contributed by atoms with E-state index in [4.69, 9.17) is 11.6 Å². The molecule has 0 aliphatic carbocycles. The lowest BCUT2D eigenvalue weighted by Crippen LogP contribution is -2.17. The first kappa shape index (κ1) is 17.3. The van der Waals surface area contributed by atoms with Crippen LogP contribution in [0.3, 0.4) is 0 Å². The summed E-state index contributed by atoms with van der Waals surface area (Å²) in [6.45, 7) is 1.31. The average molecular weight is 354 g/mol. The van der Waals surface area contributed by atoms with Gasteiger partial charge in [-0.3, -0.25) is 4.98 Å². The maximum Gasteiger partial charge on any atom is 0.163 e. The van der Waals surface area contributed by atoms with Crippen LogP contribution in [0.1, 0.15) is 11.3 Å². The Morgan fingerprint density at radius 1 is 1.04 bits per heavy atom. The van der Waals surface area contributed by atoms with Crippen molar-refractivity contribution in [3.8, 4) is 11.4 Å². The Balaban J connectivity index is 1.78. The number of nitrogens with zero attached hydrogens (tertiary/aromatic N) is 4. The quantitative estimate of drug-likeness (QED) is 0.734. The topological polar surface area (TPSA) is 53.9 Å². The van der Waals surface area contributed by atoms with Gasteiger partial charge in [0.05, 0.1) is 5.69 Å². The summed E-state index contributed by atoms with van der Waals surface area (Å²) in [5, 5.41) is 4.16. The van der Waals surface area contributed by atoms with Crippen molar-refractivity contribution in [2.45, 2.75) is 13.1 Å². The molecule has 0 saturated heterocycles. The van der Waals surface area contributed by atoms with Crippen molar-refractivity contribution in [2.24, 2.45) is 0 Å². The van der Waals surface area contributed by atoms with E-state index in [2.05, 4.69) is 20.3 Å². The maximum atomic E-state index is 6.20. The predicted octanol–water partition coefficient (Wildman–Crippen LogP) is 3.55. The largest absolute Gasteiger partial charge is 0.363 e. The number of hydrogen-bond donors (Lipinski definition) is 1. The molecule has 0 spiro atoms. The van der Waals surface area contributed by atoms with Crippen LogP contribution in [-0.4, -0.2) is 29.0 Å². The van der Waals surface area contributed by atoms with Gasteiger partial charge in [0, 0.05) is 56.2 Å². The number of halogens is 1. The SMILES string of the molecule is CN(C)c1cc(CNCc2ccccc2Cl)nc(-c2cccnc2)n1. The van der Waals surface area contributed by atoms with Crippen LogP contribution < -0.4 is 10.2 Å². The number of aromatic nitrogens is 3. The summed E-state index contributed by atoms with van der Waals surface area (Å²) in [5.74, 6) is 1.54. The van der Waals surface area contributed by atoms with Gasteiger partial charge in [0.1, 0.15) is 5.82 Å². The lowest BCUT2D eigenvalue weighted by atomic mass is 10.2. The minimum atomic E-state index is 0.627. The van der Waals surface area contributed by atoms with Gasteiger partial charge in [-0.15, -0.1) is 0 Å². The van der Waals surface area contributed by atoms with E-state index in [0.717, 1.165) is 27.7 Å². The second-order valence-electron chi connectivity index (χ2n) is 5.87. The zero-order valence-corrected chi connectivity index (χ0v) is 15.0. The van der Waals surface area contributed by atoms with Gasteiger partial charge >= 0.3 is 0 Å². The minimum Gasteiger partial charge on any atom is -0.363 e. The number of hydrogen-bond acceptors (Lipinski definition) is 5. The Kier molecular flexibility index (Phi) is 5.58. The van der Waals surface area contributed by atoms with Crippen LogP contribution in [0.4, 0.5) is 5.82 Å². The van der Waals surface area contributed by atoms with Crippen LogP contribution in [0.25, 0.3) is 11.4 Å². The van der Waals surface area contributed by atoms with E-state index in [9.17, 15) is 0 Å². The van der Waals surface area contributed by atoms with Gasteiger partial charge in [0.2, 0.25) is 0 Å². The Hall–Kier alpha value is -2.50. The van der Waals surface area contributed by atoms with Crippen molar-refractivity contribution in [3.63, 3.8) is 0 Å². The van der Waals surface area contributed by atoms with Gasteiger partial charge < -0.3 is 10.2 Å². The van der Waals surface area contributed by atoms with Crippen molar-refractivity contribution in [3.05, 3.63) is 71.1 Å². The van der Waals surface area contributed by atoms with Gasteiger partial charge in [0.25, 0.3) is 0 Å². The number of pyridine rings is 1. The van der Waals surface area contributed by atoms with E-state index < -0.39 is 0 Å². The third kappa shape index (κ3) is 4.53. The Bertz CT molecular complexity index is 836. The molecule has 25 heavy (non-hydrogen) atoms. The van der Waals surface area contributed by atoms with Gasteiger partial charge in [-0.25, -0.2) is 9.97 Å². The molecule has 1 aromatic carbocycles. The first-order valence-electron chi connectivity index (χ1n) is 8.03. The molecule has 3 rings (SSSR count). The van der Waals surface area contributed by atoms with E-state index in [-0.39, 0.29) is 0 Å². The van der Waals surface area contributed by atoms with Crippen molar-refractivity contribution < 1.29 is 0 Å². The van der Waals surface area contributed by atoms with Gasteiger partial charge in [-0.05, 0) is 23.8 Å². The molecule has 0 aliphatic rings. The van der Waals surface area contributed by atoms with E-state index in [1.807, 2.05) is 61.5 Å². The first-order chi connectivity index (χ1) is 12.1. The zero-order valence-electron chi connectivity index (χ0n) is 14.3. The summed E-state index contributed by atoms with van der Waals surface area (Å²) in [6, 6.07) is 13.7. The molecule has 0 atom stereocenters. The second-order valence-corrected chi connectivity index (χ2v) is 6.28. The third-order valence-corrected chi connectivity index (χ3v) is 4.09. The summed E-state index contributed by atoms with van der Waals surface area (Å²) in [4.78, 5) is 15.4. The van der Waals surface area contributed by atoms with Crippen LogP contribution in [-0.2, 0) is 13.1 Å². The molecular weight excluding hydrogens is 334 g/mol. The molecule has 2 aromatic heterocycles. The molecule has 0 saturated carbocycles. The number of anilines is 1. The van der Waals surface area contributed by atoms with Crippen molar-refractivity contribution in [1.82, 2.24) is 20.3 Å². The first-order valence-corrected chi connectivity index (χ1v) is 8.41. The highest BCUT2D eigenvalue weighted by Gasteiger charge is 2.09. The molecule has 128 valence electrons. The molecule has 0 fully saturated rings. The molecule has 0 bridgehead atoms. The van der Waals surface area contributed by atoms with E-state index in [1.165, 1.54) is 0 Å². The number of rotatable bonds is 6. The summed E-state index contributed by atoms with van der Waals surface area (Å²) in [7, 11) is 3.94. The monoisotopic (exact) mass is 353 g/mol. The fraction of sp³-hybridized carbons (Fsp3) is 0.211. The van der Waals surface area contributed by atoms with E-state index in [0.29, 0.717) is 18.9 Å². The number of nitrogens with one attached hydrogen (secondary N) is 1. The van der Waals surface area contributed by atoms with Crippen molar-refractivity contribution in [1.29, 1.82) is 0 Å². The average Bonchev–Trinajstić information content (AvgIpc) is 2.64. The normalized spacial score (nSPS) is 10.7. The van der Waals surface area contributed by atoms with Crippen molar-refractivity contribution >= 4 is 17.4 Å². The Morgan fingerprint density at radius 2 is 1.88 bits per heavy atom. The highest BCUT2D eigenvalue weighted by Crippen LogP contribution is 2.19. The number of benzene rings is 1. The van der Waals surface area contributed by atoms with E-state index >= 15 is 0 Å². The second kappa shape index (κ2) is 8.05. The molecule has 1 N–H and O–H groups in total. The standard InChI is InChI=1S/C19H20ClN5/c1-25(2)18-10-16(13-22-11-14-6-3-4-8-17(14)20)23-19(24-18)15-7-5-9-21-12-15/h3-10,12,22H,11,13H2,1-2H3. The lowest BCUT2D eigenvalue weighted by molar-refractivity contribution is 0.678. The van der Waals surface area contributed by atoms with Crippen LogP contribution in [0, 0.1) is 0 Å². The molecular formula is C19H20ClN5. The minimum absolute atomic E-state index is 0.627. The fourth-order valence-corrected chi connectivity index (χ4v) is 2.60. The molecule has 0 unspecified atom stereocenters. The van der Waals surface area contributed by atoms with Crippen LogP contribution in [0.5, 0.6) is 0 Å². The third-order valence-electron chi connectivity index (χ3n) is 3.72. The molecule has 6 heteroatoms. The lowest BCUT2D eigenvalue weighted by Gasteiger charge is -2.14. The van der Waals surface area contributed by atoms with Crippen LogP contribution >= 0.6 is 11.6 Å². The Morgan fingerprint density at radius 3 is 2.60 bits per heavy atom. The fourth-order valence-electron chi connectivity index (χ4n) is 2.39. The van der Waals surface area contributed by atoms with Gasteiger partial charge in [0.15, 0.2) is 5.82 Å². The molecule has 2 heterocycles. The Labute approximate surface area is 152 Å². The molecule has 0 aliphatic heterocycles. The highest BCUT2D eigenvalue weighted by atomic mass is 35.5. The summed E-state index contributed by atoms with van der Waals surface area (Å²) >= 11 is 6.20. The van der Waals surface area contributed by atoms with Gasteiger partial charge in [-0.1, -0.05) is 29.8 Å². The summed E-state index contributed by atoms with van der Waals surface area (Å²) in [5.41, 5.74) is 2.89. The van der Waals surface area contributed by atoms with Crippen LogP contribution in [0.2, 0.25) is 5.02 Å². The molecule has 3 aromatic rings. The summed E-state index contributed by atoms with van der Waals surface area (Å²) < 4.78 is 0. The highest BCUT2D eigenvalue weighted by molar-refractivity contribution is 6.31.